The molecule has 8 heteroatoms. The van der Waals surface area contributed by atoms with E-state index in [0.717, 1.165) is 17.7 Å². The van der Waals surface area contributed by atoms with Crippen molar-refractivity contribution in [3.8, 4) is 5.75 Å². The van der Waals surface area contributed by atoms with Crippen molar-refractivity contribution in [3.05, 3.63) is 93.9 Å². The van der Waals surface area contributed by atoms with Gasteiger partial charge in [0.15, 0.2) is 11.6 Å². The molecule has 6 nitrogen and oxygen atoms in total. The normalized spacial score (nSPS) is 14.5. The Hall–Kier alpha value is -3.55. The number of hydrogen-bond acceptors (Lipinski definition) is 4. The molecule has 160 valence electrons. The van der Waals surface area contributed by atoms with E-state index in [0.29, 0.717) is 25.9 Å². The van der Waals surface area contributed by atoms with Crippen molar-refractivity contribution < 1.29 is 18.3 Å². The lowest BCUT2D eigenvalue weighted by Crippen LogP contribution is -2.42. The van der Waals surface area contributed by atoms with Gasteiger partial charge in [-0.05, 0) is 23.8 Å². The summed E-state index contributed by atoms with van der Waals surface area (Å²) < 4.78 is 33.7. The van der Waals surface area contributed by atoms with Crippen LogP contribution in [0.2, 0.25) is 0 Å². The molecule has 0 spiro atoms. The van der Waals surface area contributed by atoms with Crippen molar-refractivity contribution in [1.29, 1.82) is 0 Å². The summed E-state index contributed by atoms with van der Waals surface area (Å²) >= 11 is 0. The van der Waals surface area contributed by atoms with Gasteiger partial charge in [0.2, 0.25) is 0 Å². The quantitative estimate of drug-likeness (QED) is 0.630. The van der Waals surface area contributed by atoms with Crippen LogP contribution >= 0.6 is 0 Å². The molecule has 2 aromatic carbocycles. The zero-order valence-electron chi connectivity index (χ0n) is 16.7. The minimum absolute atomic E-state index is 0.000770. The van der Waals surface area contributed by atoms with Crippen molar-refractivity contribution in [1.82, 2.24) is 14.7 Å². The first-order valence-corrected chi connectivity index (χ1v) is 10.0. The zero-order chi connectivity index (χ0) is 21.8. The molecule has 3 aromatic rings. The number of rotatable bonds is 5. The van der Waals surface area contributed by atoms with Crippen LogP contribution in [-0.2, 0) is 6.54 Å². The summed E-state index contributed by atoms with van der Waals surface area (Å²) in [5.41, 5.74) is 0.820. The molecule has 0 radical (unpaired) electrons. The Labute approximate surface area is 177 Å². The first kappa shape index (κ1) is 20.7. The van der Waals surface area contributed by atoms with E-state index in [1.54, 1.807) is 4.90 Å². The predicted octanol–water partition coefficient (Wildman–Crippen LogP) is 3.25. The van der Waals surface area contributed by atoms with Crippen LogP contribution in [0.1, 0.15) is 28.9 Å². The first-order chi connectivity index (χ1) is 15.0. The van der Waals surface area contributed by atoms with Gasteiger partial charge in [-0.15, -0.1) is 0 Å². The number of amides is 1. The number of likely N-dealkylation sites (tertiary alicyclic amines) is 1. The number of halogens is 2. The number of aromatic nitrogens is 2. The summed E-state index contributed by atoms with van der Waals surface area (Å²) in [7, 11) is 0. The SMILES string of the molecule is O=C(c1ccc(=O)n(Cc2ccccc2)n1)N1CCC(Oc2ccc(F)cc2F)CC1. The van der Waals surface area contributed by atoms with Crippen LogP contribution in [0.3, 0.4) is 0 Å². The second kappa shape index (κ2) is 9.07. The van der Waals surface area contributed by atoms with Crippen LogP contribution in [0.4, 0.5) is 8.78 Å². The van der Waals surface area contributed by atoms with Crippen molar-refractivity contribution in [2.45, 2.75) is 25.5 Å². The minimum atomic E-state index is -0.747. The fourth-order valence-corrected chi connectivity index (χ4v) is 3.52. The monoisotopic (exact) mass is 425 g/mol. The minimum Gasteiger partial charge on any atom is -0.487 e. The van der Waals surface area contributed by atoms with Crippen LogP contribution in [0.25, 0.3) is 0 Å². The van der Waals surface area contributed by atoms with E-state index in [4.69, 9.17) is 4.74 Å². The first-order valence-electron chi connectivity index (χ1n) is 10.0. The lowest BCUT2D eigenvalue weighted by atomic mass is 10.1. The van der Waals surface area contributed by atoms with E-state index < -0.39 is 11.6 Å². The maximum atomic E-state index is 13.8. The van der Waals surface area contributed by atoms with Crippen molar-refractivity contribution in [2.24, 2.45) is 0 Å². The molecule has 1 amide bonds. The van der Waals surface area contributed by atoms with Crippen molar-refractivity contribution in [3.63, 3.8) is 0 Å². The maximum Gasteiger partial charge on any atom is 0.274 e. The summed E-state index contributed by atoms with van der Waals surface area (Å²) in [6.07, 6.45) is 0.738. The van der Waals surface area contributed by atoms with Crippen LogP contribution in [-0.4, -0.2) is 39.8 Å². The molecule has 0 N–H and O–H groups in total. The molecule has 2 heterocycles. The number of ether oxygens (including phenoxy) is 1. The van der Waals surface area contributed by atoms with Crippen LogP contribution < -0.4 is 10.3 Å². The highest BCUT2D eigenvalue weighted by molar-refractivity contribution is 5.92. The highest BCUT2D eigenvalue weighted by Crippen LogP contribution is 2.23. The molecule has 1 fully saturated rings. The molecule has 0 atom stereocenters. The lowest BCUT2D eigenvalue weighted by molar-refractivity contribution is 0.0580. The largest absolute Gasteiger partial charge is 0.487 e. The van der Waals surface area contributed by atoms with Crippen molar-refractivity contribution >= 4 is 5.91 Å². The average Bonchev–Trinajstić information content (AvgIpc) is 2.78. The lowest BCUT2D eigenvalue weighted by Gasteiger charge is -2.32. The maximum absolute atomic E-state index is 13.8. The molecule has 0 saturated carbocycles. The fourth-order valence-electron chi connectivity index (χ4n) is 3.52. The van der Waals surface area contributed by atoms with Gasteiger partial charge >= 0.3 is 0 Å². The predicted molar refractivity (Wildman–Crippen MR) is 110 cm³/mol. The van der Waals surface area contributed by atoms with Gasteiger partial charge in [0.05, 0.1) is 6.54 Å². The Morgan fingerprint density at radius 1 is 1.03 bits per heavy atom. The standard InChI is InChI=1S/C23H21F2N3O3/c24-17-6-8-21(19(25)14-17)31-18-10-12-27(13-11-18)23(30)20-7-9-22(29)28(26-20)15-16-4-2-1-3-5-16/h1-9,14,18H,10-13,15H2. The van der Waals surface area contributed by atoms with E-state index in [1.165, 1.54) is 22.9 Å². The average molecular weight is 425 g/mol. The van der Waals surface area contributed by atoms with Gasteiger partial charge in [-0.2, -0.15) is 5.10 Å². The molecule has 0 bridgehead atoms. The van der Waals surface area contributed by atoms with Gasteiger partial charge in [-0.1, -0.05) is 30.3 Å². The summed E-state index contributed by atoms with van der Waals surface area (Å²) in [5.74, 6) is -1.68. The Bertz CT molecular complexity index is 1130. The highest BCUT2D eigenvalue weighted by atomic mass is 19.1. The third-order valence-electron chi connectivity index (χ3n) is 5.18. The number of carbonyl (C=O) groups is 1. The Balaban J connectivity index is 1.39. The number of hydrogen-bond donors (Lipinski definition) is 0. The van der Waals surface area contributed by atoms with Crippen LogP contribution in [0.5, 0.6) is 5.75 Å². The molecular weight excluding hydrogens is 404 g/mol. The second-order valence-corrected chi connectivity index (χ2v) is 7.38. The van der Waals surface area contributed by atoms with Gasteiger partial charge in [0.25, 0.3) is 11.5 Å². The molecule has 4 rings (SSSR count). The second-order valence-electron chi connectivity index (χ2n) is 7.38. The fraction of sp³-hybridized carbons (Fsp3) is 0.261. The van der Waals surface area contributed by atoms with Gasteiger partial charge in [-0.3, -0.25) is 9.59 Å². The number of carbonyl (C=O) groups excluding carboxylic acids is 1. The number of piperidine rings is 1. The molecular formula is C23H21F2N3O3. The van der Waals surface area contributed by atoms with Gasteiger partial charge in [0, 0.05) is 38.1 Å². The number of benzene rings is 2. The van der Waals surface area contributed by atoms with E-state index >= 15 is 0 Å². The van der Waals surface area contributed by atoms with Crippen molar-refractivity contribution in [2.75, 3.05) is 13.1 Å². The van der Waals surface area contributed by atoms with E-state index in [1.807, 2.05) is 30.3 Å². The van der Waals surface area contributed by atoms with E-state index in [9.17, 15) is 18.4 Å². The zero-order valence-corrected chi connectivity index (χ0v) is 16.7. The van der Waals surface area contributed by atoms with Crippen LogP contribution in [0, 0.1) is 11.6 Å². The molecule has 1 aliphatic rings. The topological polar surface area (TPSA) is 64.4 Å². The smallest absolute Gasteiger partial charge is 0.274 e. The van der Waals surface area contributed by atoms with E-state index in [2.05, 4.69) is 5.10 Å². The Morgan fingerprint density at radius 3 is 2.48 bits per heavy atom. The Morgan fingerprint density at radius 2 is 1.77 bits per heavy atom. The molecule has 0 aliphatic carbocycles. The number of nitrogens with zero attached hydrogens (tertiary/aromatic N) is 3. The molecule has 31 heavy (non-hydrogen) atoms. The Kier molecular flexibility index (Phi) is 6.06. The van der Waals surface area contributed by atoms with Gasteiger partial charge in [0.1, 0.15) is 17.6 Å². The molecule has 1 aromatic heterocycles. The molecule has 1 saturated heterocycles. The summed E-state index contributed by atoms with van der Waals surface area (Å²) in [6.45, 7) is 1.09. The molecule has 0 unspecified atom stereocenters. The summed E-state index contributed by atoms with van der Waals surface area (Å²) in [4.78, 5) is 26.7. The van der Waals surface area contributed by atoms with Gasteiger partial charge in [-0.25, -0.2) is 13.5 Å². The highest BCUT2D eigenvalue weighted by Gasteiger charge is 2.26. The summed E-state index contributed by atoms with van der Waals surface area (Å²) in [5, 5.41) is 4.25. The third-order valence-corrected chi connectivity index (χ3v) is 5.18. The summed E-state index contributed by atoms with van der Waals surface area (Å²) in [6, 6.07) is 15.4. The molecule has 1 aliphatic heterocycles. The van der Waals surface area contributed by atoms with Gasteiger partial charge < -0.3 is 9.64 Å². The third kappa shape index (κ3) is 4.96. The van der Waals surface area contributed by atoms with Crippen LogP contribution in [0.15, 0.2) is 65.5 Å². The van der Waals surface area contributed by atoms with E-state index in [-0.39, 0.29) is 35.6 Å².